The van der Waals surface area contributed by atoms with Crippen molar-refractivity contribution >= 4 is 11.3 Å². The molecule has 0 saturated carbocycles. The van der Waals surface area contributed by atoms with E-state index < -0.39 is 0 Å². The summed E-state index contributed by atoms with van der Waals surface area (Å²) in [5, 5.41) is 6.70. The predicted octanol–water partition coefficient (Wildman–Crippen LogP) is 3.46. The minimum absolute atomic E-state index is 0.117. The highest BCUT2D eigenvalue weighted by Gasteiger charge is 2.17. The normalized spacial score (nSPS) is 13.7. The molecule has 3 rings (SSSR count). The van der Waals surface area contributed by atoms with Crippen molar-refractivity contribution in [3.8, 4) is 11.5 Å². The summed E-state index contributed by atoms with van der Waals surface area (Å²) in [6, 6.07) is 6.04. The lowest BCUT2D eigenvalue weighted by Gasteiger charge is -2.14. The molecule has 0 radical (unpaired) electrons. The van der Waals surface area contributed by atoms with Crippen LogP contribution < -0.4 is 14.8 Å². The SMILES string of the molecule is CC(C)(C)c1csc(CNCc2ccc3c(c2)OCO3)n1. The van der Waals surface area contributed by atoms with Gasteiger partial charge < -0.3 is 14.8 Å². The maximum atomic E-state index is 5.38. The molecule has 0 atom stereocenters. The van der Waals surface area contributed by atoms with Crippen molar-refractivity contribution in [2.45, 2.75) is 39.3 Å². The number of aromatic nitrogens is 1. The third-order valence-corrected chi connectivity index (χ3v) is 4.21. The first-order valence-corrected chi connectivity index (χ1v) is 7.94. The first-order chi connectivity index (χ1) is 10.0. The quantitative estimate of drug-likeness (QED) is 0.939. The van der Waals surface area contributed by atoms with Crippen molar-refractivity contribution < 1.29 is 9.47 Å². The molecule has 0 saturated heterocycles. The monoisotopic (exact) mass is 304 g/mol. The molecule has 5 heteroatoms. The molecule has 0 bridgehead atoms. The Bertz CT molecular complexity index is 631. The molecule has 0 spiro atoms. The van der Waals surface area contributed by atoms with Crippen molar-refractivity contribution in [1.29, 1.82) is 0 Å². The molecule has 0 aliphatic carbocycles. The van der Waals surface area contributed by atoms with Crippen molar-refractivity contribution in [2.24, 2.45) is 0 Å². The van der Waals surface area contributed by atoms with Gasteiger partial charge in [-0.1, -0.05) is 26.8 Å². The van der Waals surface area contributed by atoms with Gasteiger partial charge in [0.15, 0.2) is 11.5 Å². The average molecular weight is 304 g/mol. The Labute approximate surface area is 129 Å². The van der Waals surface area contributed by atoms with E-state index in [9.17, 15) is 0 Å². The van der Waals surface area contributed by atoms with Gasteiger partial charge in [-0.2, -0.15) is 0 Å². The summed E-state index contributed by atoms with van der Waals surface area (Å²) in [5.74, 6) is 1.66. The zero-order chi connectivity index (χ0) is 14.9. The second-order valence-electron chi connectivity index (χ2n) is 6.17. The molecule has 0 fully saturated rings. The van der Waals surface area contributed by atoms with Gasteiger partial charge in [-0.3, -0.25) is 0 Å². The van der Waals surface area contributed by atoms with E-state index in [0.29, 0.717) is 6.79 Å². The van der Waals surface area contributed by atoms with Gasteiger partial charge in [0, 0.05) is 23.9 Å². The number of fused-ring (bicyclic) bond motifs is 1. The van der Waals surface area contributed by atoms with Crippen LogP contribution in [0.2, 0.25) is 0 Å². The predicted molar refractivity (Wildman–Crippen MR) is 83.9 cm³/mol. The molecule has 21 heavy (non-hydrogen) atoms. The number of rotatable bonds is 4. The minimum Gasteiger partial charge on any atom is -0.454 e. The zero-order valence-electron chi connectivity index (χ0n) is 12.6. The highest BCUT2D eigenvalue weighted by atomic mass is 32.1. The molecule has 1 aromatic carbocycles. The van der Waals surface area contributed by atoms with Gasteiger partial charge in [0.05, 0.1) is 5.69 Å². The highest BCUT2D eigenvalue weighted by Crippen LogP contribution is 2.32. The molecule has 2 heterocycles. The number of hydrogen-bond acceptors (Lipinski definition) is 5. The van der Waals surface area contributed by atoms with E-state index in [0.717, 1.165) is 35.3 Å². The first-order valence-electron chi connectivity index (χ1n) is 7.06. The summed E-state index contributed by atoms with van der Waals surface area (Å²) in [6.45, 7) is 8.46. The van der Waals surface area contributed by atoms with Crippen molar-refractivity contribution in [2.75, 3.05) is 6.79 Å². The fraction of sp³-hybridized carbons (Fsp3) is 0.438. The second kappa shape index (κ2) is 5.66. The number of thiazole rings is 1. The molecule has 1 aromatic heterocycles. The average Bonchev–Trinajstić information content (AvgIpc) is 3.05. The van der Waals surface area contributed by atoms with Crippen LogP contribution in [-0.2, 0) is 18.5 Å². The van der Waals surface area contributed by atoms with Crippen LogP contribution in [0, 0.1) is 0 Å². The fourth-order valence-corrected chi connectivity index (χ4v) is 3.09. The van der Waals surface area contributed by atoms with Crippen LogP contribution in [0.25, 0.3) is 0 Å². The Hall–Kier alpha value is -1.59. The van der Waals surface area contributed by atoms with Gasteiger partial charge in [0.1, 0.15) is 5.01 Å². The Balaban J connectivity index is 1.55. The van der Waals surface area contributed by atoms with Crippen molar-refractivity contribution in [3.05, 3.63) is 39.8 Å². The third kappa shape index (κ3) is 3.36. The summed E-state index contributed by atoms with van der Waals surface area (Å²) in [5.41, 5.74) is 2.46. The summed E-state index contributed by atoms with van der Waals surface area (Å²) in [4.78, 5) is 4.68. The molecule has 4 nitrogen and oxygen atoms in total. The van der Waals surface area contributed by atoms with Crippen LogP contribution in [0.4, 0.5) is 0 Å². The number of benzene rings is 1. The maximum absolute atomic E-state index is 5.38. The van der Waals surface area contributed by atoms with Gasteiger partial charge in [-0.05, 0) is 17.7 Å². The van der Waals surface area contributed by atoms with Crippen molar-refractivity contribution in [3.63, 3.8) is 0 Å². The standard InChI is InChI=1S/C16H20N2O2S/c1-16(2,3)14-9-21-15(18-14)8-17-7-11-4-5-12-13(6-11)20-10-19-12/h4-6,9,17H,7-8,10H2,1-3H3. The van der Waals surface area contributed by atoms with Gasteiger partial charge in [0.2, 0.25) is 6.79 Å². The Morgan fingerprint density at radius 1 is 1.19 bits per heavy atom. The lowest BCUT2D eigenvalue weighted by molar-refractivity contribution is 0.174. The van der Waals surface area contributed by atoms with E-state index in [1.54, 1.807) is 11.3 Å². The molecule has 0 unspecified atom stereocenters. The molecule has 1 aliphatic rings. The molecular formula is C16H20N2O2S. The van der Waals surface area contributed by atoms with E-state index in [2.05, 4.69) is 42.5 Å². The van der Waals surface area contributed by atoms with E-state index in [1.807, 2.05) is 12.1 Å². The number of nitrogens with zero attached hydrogens (tertiary/aromatic N) is 1. The first kappa shape index (κ1) is 14.4. The van der Waals surface area contributed by atoms with E-state index in [1.165, 1.54) is 5.56 Å². The molecular weight excluding hydrogens is 284 g/mol. The molecule has 112 valence electrons. The summed E-state index contributed by atoms with van der Waals surface area (Å²) < 4.78 is 10.7. The number of hydrogen-bond donors (Lipinski definition) is 1. The van der Waals surface area contributed by atoms with Gasteiger partial charge >= 0.3 is 0 Å². The maximum Gasteiger partial charge on any atom is 0.231 e. The largest absolute Gasteiger partial charge is 0.454 e. The smallest absolute Gasteiger partial charge is 0.231 e. The number of ether oxygens (including phenoxy) is 2. The minimum atomic E-state index is 0.117. The molecule has 1 aliphatic heterocycles. The highest BCUT2D eigenvalue weighted by molar-refractivity contribution is 7.09. The van der Waals surface area contributed by atoms with Crippen LogP contribution in [0.3, 0.4) is 0 Å². The lowest BCUT2D eigenvalue weighted by Crippen LogP contribution is -2.14. The Kier molecular flexibility index (Phi) is 3.87. The third-order valence-electron chi connectivity index (χ3n) is 3.36. The van der Waals surface area contributed by atoms with E-state index >= 15 is 0 Å². The summed E-state index contributed by atoms with van der Waals surface area (Å²) in [6.07, 6.45) is 0. The summed E-state index contributed by atoms with van der Waals surface area (Å²) in [7, 11) is 0. The van der Waals surface area contributed by atoms with Crippen LogP contribution >= 0.6 is 11.3 Å². The topological polar surface area (TPSA) is 43.4 Å². The van der Waals surface area contributed by atoms with Crippen LogP contribution in [-0.4, -0.2) is 11.8 Å². The van der Waals surface area contributed by atoms with E-state index in [4.69, 9.17) is 9.47 Å². The zero-order valence-corrected chi connectivity index (χ0v) is 13.4. The summed E-state index contributed by atoms with van der Waals surface area (Å²) >= 11 is 1.71. The fourth-order valence-electron chi connectivity index (χ4n) is 2.10. The Morgan fingerprint density at radius 3 is 2.76 bits per heavy atom. The van der Waals surface area contributed by atoms with Crippen molar-refractivity contribution in [1.82, 2.24) is 10.3 Å². The Morgan fingerprint density at radius 2 is 2.00 bits per heavy atom. The molecule has 2 aromatic rings. The lowest BCUT2D eigenvalue weighted by atomic mass is 9.93. The second-order valence-corrected chi connectivity index (χ2v) is 7.11. The van der Waals surface area contributed by atoms with Crippen LogP contribution in [0.5, 0.6) is 11.5 Å². The number of nitrogens with one attached hydrogen (secondary N) is 1. The van der Waals surface area contributed by atoms with Gasteiger partial charge in [-0.25, -0.2) is 4.98 Å². The molecule has 1 N–H and O–H groups in total. The molecule has 0 amide bonds. The van der Waals surface area contributed by atoms with Crippen LogP contribution in [0.1, 0.15) is 37.0 Å². The van der Waals surface area contributed by atoms with E-state index in [-0.39, 0.29) is 5.41 Å². The van der Waals surface area contributed by atoms with Gasteiger partial charge in [-0.15, -0.1) is 11.3 Å². The van der Waals surface area contributed by atoms with Crippen LogP contribution in [0.15, 0.2) is 23.6 Å². The van der Waals surface area contributed by atoms with Gasteiger partial charge in [0.25, 0.3) is 0 Å².